The average molecular weight is 1350 g/mol. The lowest BCUT2D eigenvalue weighted by Crippen LogP contribution is -2.16. The summed E-state index contributed by atoms with van der Waals surface area (Å²) in [6.07, 6.45) is 6.46. The summed E-state index contributed by atoms with van der Waals surface area (Å²) in [5, 5.41) is 24.3. The number of nitrogens with zero attached hydrogens (tertiary/aromatic N) is 2. The van der Waals surface area contributed by atoms with Crippen LogP contribution < -0.4 is 9.80 Å². The van der Waals surface area contributed by atoms with Crippen molar-refractivity contribution in [2.24, 2.45) is 0 Å². The zero-order valence-corrected chi connectivity index (χ0v) is 60.6. The van der Waals surface area contributed by atoms with Crippen LogP contribution in [-0.2, 0) is 10.8 Å². The number of para-hydroxylation sites is 4. The van der Waals surface area contributed by atoms with E-state index in [1.54, 1.807) is 0 Å². The maximum absolute atomic E-state index is 7.19. The van der Waals surface area contributed by atoms with Crippen LogP contribution in [0.4, 0.5) is 34.1 Å². The SMILES string of the molecule is C=Cc1c(/C=C\C)c2ccccc2c2cc3c(cc12)-c1cc(N(c2cc(C(C)C)c4ccc5c(N(c6ccc7c(c6)-c6cc8c9ccccc9c9ccccc9c8cc6C7(C)C)c6cccc7c6oc6ccccc67)cc(C(C)C)c6ccc2c4c65)c2cccc4c2oc2ccccc24)ccc1C3(C)C. The van der Waals surface area contributed by atoms with Crippen molar-refractivity contribution in [2.45, 2.75) is 85.0 Å². The van der Waals surface area contributed by atoms with Crippen molar-refractivity contribution in [3.8, 4) is 22.3 Å². The minimum absolute atomic E-state index is 0.152. The summed E-state index contributed by atoms with van der Waals surface area (Å²) in [5.74, 6) is 0.307. The molecule has 0 spiro atoms. The zero-order chi connectivity index (χ0) is 70.8. The normalized spacial score (nSPS) is 13.9. The van der Waals surface area contributed by atoms with Crippen LogP contribution in [0.15, 0.2) is 276 Å². The van der Waals surface area contributed by atoms with E-state index in [9.17, 15) is 0 Å². The van der Waals surface area contributed by atoms with Gasteiger partial charge in [-0.2, -0.15) is 0 Å². The van der Waals surface area contributed by atoms with Crippen molar-refractivity contribution in [1.29, 1.82) is 0 Å². The van der Waals surface area contributed by atoms with E-state index in [1.165, 1.54) is 137 Å². The van der Waals surface area contributed by atoms with Gasteiger partial charge in [-0.25, -0.2) is 0 Å². The van der Waals surface area contributed by atoms with Crippen LogP contribution in [0.5, 0.6) is 0 Å². The van der Waals surface area contributed by atoms with Gasteiger partial charge in [0.1, 0.15) is 11.2 Å². The molecule has 2 heterocycles. The second kappa shape index (κ2) is 22.1. The summed E-state index contributed by atoms with van der Waals surface area (Å²) >= 11 is 0. The highest BCUT2D eigenvalue weighted by molar-refractivity contribution is 6.31. The Kier molecular flexibility index (Phi) is 13.0. The van der Waals surface area contributed by atoms with Crippen molar-refractivity contribution in [1.82, 2.24) is 0 Å². The summed E-state index contributed by atoms with van der Waals surface area (Å²) in [6, 6.07) is 96.6. The second-order valence-electron chi connectivity index (χ2n) is 31.3. The maximum atomic E-state index is 7.19. The monoisotopic (exact) mass is 1350 g/mol. The highest BCUT2D eigenvalue weighted by Gasteiger charge is 2.40. The first-order chi connectivity index (χ1) is 51.2. The molecule has 0 radical (unpaired) electrons. The standard InChI is InChI=1S/C101H76N2O2/c1-11-25-61-60(12-2)78-50-84-82-48-58(40-46-86(82)100(7,8)88(84)52-80(78)66-30-17-13-26-62(61)66)102(90-36-23-34-72-68-32-19-21-38-94(68)104-98(72)90)92-54-76(56(3)4)70-43-45-75-93(55-77(57(5)6)71-42-44-74(92)96(70)97(71)75)103(91-37-24-35-73-69-33-20-22-39-95(69)105-99(73)91)59-41-47-87-83(49-59)85-51-79-65-29-16-14-27-63(65)64-28-15-18-31-67(64)81(79)53-89(85)101(87,9)10/h11-57H,2H2,1,3-10H3/b25-11-. The molecule has 2 aliphatic carbocycles. The van der Waals surface area contributed by atoms with Gasteiger partial charge >= 0.3 is 0 Å². The van der Waals surface area contributed by atoms with Crippen molar-refractivity contribution in [3.05, 3.63) is 312 Å². The molecule has 0 fully saturated rings. The van der Waals surface area contributed by atoms with Gasteiger partial charge in [0.25, 0.3) is 0 Å². The van der Waals surface area contributed by atoms with Gasteiger partial charge in [-0.1, -0.05) is 250 Å². The van der Waals surface area contributed by atoms with Gasteiger partial charge in [0.15, 0.2) is 11.2 Å². The molecule has 4 heteroatoms. The summed E-state index contributed by atoms with van der Waals surface area (Å²) in [6.45, 7) is 25.7. The predicted molar refractivity (Wildman–Crippen MR) is 450 cm³/mol. The van der Waals surface area contributed by atoms with Crippen molar-refractivity contribution < 1.29 is 8.83 Å². The maximum Gasteiger partial charge on any atom is 0.159 e. The quantitative estimate of drug-likeness (QED) is 0.128. The van der Waals surface area contributed by atoms with Gasteiger partial charge in [-0.05, 0) is 246 Å². The molecule has 17 aromatic carbocycles. The Labute approximate surface area is 610 Å². The fraction of sp³-hybridized carbons (Fsp3) is 0.129. The lowest BCUT2D eigenvalue weighted by atomic mass is 9.80. The molecular weight excluding hydrogens is 1270 g/mol. The van der Waals surface area contributed by atoms with Gasteiger partial charge in [0.05, 0.1) is 22.7 Å². The summed E-state index contributed by atoms with van der Waals surface area (Å²) in [4.78, 5) is 5.09. The molecule has 0 saturated heterocycles. The topological polar surface area (TPSA) is 32.8 Å². The fourth-order valence-corrected chi connectivity index (χ4v) is 19.4. The predicted octanol–water partition coefficient (Wildman–Crippen LogP) is 29.6. The van der Waals surface area contributed by atoms with Gasteiger partial charge < -0.3 is 18.6 Å². The zero-order valence-electron chi connectivity index (χ0n) is 60.6. The van der Waals surface area contributed by atoms with Crippen molar-refractivity contribution in [2.75, 3.05) is 9.80 Å². The van der Waals surface area contributed by atoms with Crippen LogP contribution in [0.25, 0.3) is 164 Å². The van der Waals surface area contributed by atoms with E-state index in [0.29, 0.717) is 0 Å². The Morgan fingerprint density at radius 2 is 0.686 bits per heavy atom. The summed E-state index contributed by atoms with van der Waals surface area (Å²) < 4.78 is 14.4. The third kappa shape index (κ3) is 8.45. The summed E-state index contributed by atoms with van der Waals surface area (Å²) in [7, 11) is 0. The number of hydrogen-bond acceptors (Lipinski definition) is 4. The van der Waals surface area contributed by atoms with Crippen LogP contribution >= 0.6 is 0 Å². The van der Waals surface area contributed by atoms with E-state index in [1.807, 2.05) is 0 Å². The number of hydrogen-bond donors (Lipinski definition) is 0. The lowest BCUT2D eigenvalue weighted by Gasteiger charge is -2.32. The molecule has 105 heavy (non-hydrogen) atoms. The van der Waals surface area contributed by atoms with Gasteiger partial charge in [-0.3, -0.25) is 0 Å². The first kappa shape index (κ1) is 61.4. The number of fused-ring (bicyclic) bond motifs is 21. The Hall–Kier alpha value is -12.2. The third-order valence-corrected chi connectivity index (χ3v) is 24.4. The average Bonchev–Trinajstić information content (AvgIpc) is 1.59. The number of rotatable bonds is 10. The highest BCUT2D eigenvalue weighted by Crippen LogP contribution is 2.59. The number of benzene rings is 17. The molecule has 0 unspecified atom stereocenters. The second-order valence-corrected chi connectivity index (χ2v) is 31.3. The smallest absolute Gasteiger partial charge is 0.159 e. The molecule has 0 aliphatic heterocycles. The van der Waals surface area contributed by atoms with Crippen LogP contribution in [0, 0.1) is 0 Å². The van der Waals surface area contributed by atoms with E-state index in [-0.39, 0.29) is 22.7 Å². The molecule has 502 valence electrons. The van der Waals surface area contributed by atoms with E-state index >= 15 is 0 Å². The third-order valence-electron chi connectivity index (χ3n) is 24.4. The Morgan fingerprint density at radius 1 is 0.314 bits per heavy atom. The molecule has 2 aromatic heterocycles. The lowest BCUT2D eigenvalue weighted by molar-refractivity contribution is 0.661. The Balaban J connectivity index is 0.839. The molecule has 19 aromatic rings. The number of allylic oxidation sites excluding steroid dienone is 1. The molecule has 0 N–H and O–H groups in total. The largest absolute Gasteiger partial charge is 0.454 e. The molecule has 0 amide bonds. The Morgan fingerprint density at radius 3 is 1.13 bits per heavy atom. The van der Waals surface area contributed by atoms with Crippen molar-refractivity contribution in [3.63, 3.8) is 0 Å². The van der Waals surface area contributed by atoms with Crippen LogP contribution in [0.3, 0.4) is 0 Å². The fourth-order valence-electron chi connectivity index (χ4n) is 19.4. The van der Waals surface area contributed by atoms with Gasteiger partial charge in [-0.15, -0.1) is 0 Å². The van der Waals surface area contributed by atoms with Crippen LogP contribution in [-0.4, -0.2) is 0 Å². The first-order valence-electron chi connectivity index (χ1n) is 37.3. The molecular formula is C101H76N2O2. The van der Waals surface area contributed by atoms with Crippen LogP contribution in [0.1, 0.15) is 119 Å². The van der Waals surface area contributed by atoms with Crippen LogP contribution in [0.2, 0.25) is 0 Å². The van der Waals surface area contributed by atoms with E-state index in [2.05, 4.69) is 352 Å². The molecule has 4 nitrogen and oxygen atoms in total. The molecule has 0 saturated carbocycles. The highest BCUT2D eigenvalue weighted by atomic mass is 16.3. The van der Waals surface area contributed by atoms with Crippen molar-refractivity contribution >= 4 is 176 Å². The van der Waals surface area contributed by atoms with E-state index in [0.717, 1.165) is 94.3 Å². The summed E-state index contributed by atoms with van der Waals surface area (Å²) in [5.41, 5.74) is 24.3. The van der Waals surface area contributed by atoms with Gasteiger partial charge in [0.2, 0.25) is 0 Å². The minimum atomic E-state index is -0.299. The van der Waals surface area contributed by atoms with Gasteiger partial charge in [0, 0.05) is 54.5 Å². The number of anilines is 6. The minimum Gasteiger partial charge on any atom is -0.454 e. The first-order valence-corrected chi connectivity index (χ1v) is 37.3. The van der Waals surface area contributed by atoms with E-state index < -0.39 is 0 Å². The van der Waals surface area contributed by atoms with E-state index in [4.69, 9.17) is 8.83 Å². The molecule has 21 rings (SSSR count). The molecule has 0 bridgehead atoms. The Bertz CT molecular complexity index is 7080. The number of furan rings is 2. The molecule has 2 aliphatic rings. The molecule has 0 atom stereocenters.